The minimum absolute atomic E-state index is 0.550. The third-order valence-electron chi connectivity index (χ3n) is 15.4. The highest BCUT2D eigenvalue weighted by Crippen LogP contribution is 2.72. The quantitative estimate of drug-likeness (QED) is 0.103. The molecule has 5 aliphatic carbocycles. The fraction of sp³-hybridized carbons (Fsp3) is 0.953. The minimum atomic E-state index is 0.550. The van der Waals surface area contributed by atoms with Gasteiger partial charge in [0.1, 0.15) is 0 Å². The average molecular weight is 593 g/mol. The SMILES string of the molecule is CCCCCCCCCCCCCCCCCCC[C@@H](C)[C@H]1CC[C@H]2C3CC=C4CC5(CC[C@]4(C)[C@H]3CC[C@]12C)CC5C. The predicted octanol–water partition coefficient (Wildman–Crippen LogP) is 14.3. The van der Waals surface area contributed by atoms with E-state index in [2.05, 4.69) is 40.7 Å². The van der Waals surface area contributed by atoms with E-state index in [1.54, 1.807) is 12.8 Å². The summed E-state index contributed by atoms with van der Waals surface area (Å²) >= 11 is 0. The summed E-state index contributed by atoms with van der Waals surface area (Å²) in [6.07, 6.45) is 43.1. The van der Waals surface area contributed by atoms with E-state index < -0.39 is 0 Å². The number of allylic oxidation sites excluding steroid dienone is 2. The van der Waals surface area contributed by atoms with Crippen LogP contribution in [0.2, 0.25) is 0 Å². The molecule has 9 atom stereocenters. The highest BCUT2D eigenvalue weighted by atomic mass is 14.7. The highest BCUT2D eigenvalue weighted by molar-refractivity contribution is 5.29. The van der Waals surface area contributed by atoms with Gasteiger partial charge in [-0.05, 0) is 110 Å². The van der Waals surface area contributed by atoms with E-state index in [1.165, 1.54) is 161 Å². The predicted molar refractivity (Wildman–Crippen MR) is 189 cm³/mol. The van der Waals surface area contributed by atoms with E-state index in [1.807, 2.05) is 5.57 Å². The first-order chi connectivity index (χ1) is 20.8. The van der Waals surface area contributed by atoms with Crippen molar-refractivity contribution in [2.24, 2.45) is 51.8 Å². The lowest BCUT2D eigenvalue weighted by Crippen LogP contribution is -2.50. The van der Waals surface area contributed by atoms with Gasteiger partial charge in [0.2, 0.25) is 0 Å². The monoisotopic (exact) mass is 593 g/mol. The van der Waals surface area contributed by atoms with E-state index in [4.69, 9.17) is 0 Å². The van der Waals surface area contributed by atoms with Crippen LogP contribution in [-0.4, -0.2) is 0 Å². The molecule has 0 aliphatic heterocycles. The summed E-state index contributed by atoms with van der Waals surface area (Å²) in [4.78, 5) is 0. The molecule has 0 heterocycles. The van der Waals surface area contributed by atoms with Crippen LogP contribution in [0.5, 0.6) is 0 Å². The number of rotatable bonds is 19. The first-order valence-corrected chi connectivity index (χ1v) is 20.5. The molecule has 0 heteroatoms. The van der Waals surface area contributed by atoms with E-state index in [-0.39, 0.29) is 0 Å². The maximum absolute atomic E-state index is 2.83. The van der Waals surface area contributed by atoms with Crippen LogP contribution in [0.1, 0.15) is 208 Å². The molecule has 0 aromatic rings. The zero-order chi connectivity index (χ0) is 30.3. The topological polar surface area (TPSA) is 0 Å². The minimum Gasteiger partial charge on any atom is -0.0845 e. The van der Waals surface area contributed by atoms with Gasteiger partial charge in [-0.15, -0.1) is 0 Å². The van der Waals surface area contributed by atoms with Crippen LogP contribution in [0.4, 0.5) is 0 Å². The molecule has 0 aromatic heterocycles. The normalized spacial score (nSPS) is 38.8. The molecule has 0 saturated heterocycles. The van der Waals surface area contributed by atoms with Crippen molar-refractivity contribution in [2.45, 2.75) is 208 Å². The van der Waals surface area contributed by atoms with Gasteiger partial charge in [0.25, 0.3) is 0 Å². The first kappa shape index (κ1) is 34.1. The average Bonchev–Trinajstić information content (AvgIpc) is 3.46. The lowest BCUT2D eigenvalue weighted by atomic mass is 9.46. The molecular weight excluding hydrogens is 516 g/mol. The van der Waals surface area contributed by atoms with E-state index in [0.717, 1.165) is 40.9 Å². The zero-order valence-corrected chi connectivity index (χ0v) is 30.1. The summed E-state index contributed by atoms with van der Waals surface area (Å²) in [5.41, 5.74) is 3.85. The molecule has 3 unspecified atom stereocenters. The molecule has 5 rings (SSSR count). The lowest BCUT2D eigenvalue weighted by Gasteiger charge is -2.59. The molecule has 43 heavy (non-hydrogen) atoms. The van der Waals surface area contributed by atoms with Gasteiger partial charge in [-0.3, -0.25) is 0 Å². The Kier molecular flexibility index (Phi) is 12.3. The van der Waals surface area contributed by atoms with Gasteiger partial charge in [-0.2, -0.15) is 0 Å². The van der Waals surface area contributed by atoms with Crippen LogP contribution in [0.25, 0.3) is 0 Å². The van der Waals surface area contributed by atoms with Crippen molar-refractivity contribution in [1.29, 1.82) is 0 Å². The van der Waals surface area contributed by atoms with Crippen LogP contribution in [0.3, 0.4) is 0 Å². The second kappa shape index (κ2) is 15.6. The van der Waals surface area contributed by atoms with E-state index in [0.29, 0.717) is 10.8 Å². The van der Waals surface area contributed by atoms with Gasteiger partial charge in [0.05, 0.1) is 0 Å². The Morgan fingerprint density at radius 3 is 1.81 bits per heavy atom. The van der Waals surface area contributed by atoms with Gasteiger partial charge >= 0.3 is 0 Å². The Labute approximate surface area is 270 Å². The van der Waals surface area contributed by atoms with Gasteiger partial charge in [-0.25, -0.2) is 0 Å². The number of hydrogen-bond acceptors (Lipinski definition) is 0. The standard InChI is InChI=1S/C43H76/c1-6-7-8-9-10-11-12-13-14-15-16-17-18-19-20-21-22-23-34(2)38-26-27-39-37-25-24-36-33-43(32-35(43)3)31-30-41(36,4)40(37)28-29-42(38,39)5/h24,34-35,37-40H,6-23,25-33H2,1-5H3/t34-,35?,37?,38-,39+,40+,41+,42-,43?/m1/s1. The van der Waals surface area contributed by atoms with Crippen LogP contribution in [-0.2, 0) is 0 Å². The fourth-order valence-electron chi connectivity index (χ4n) is 12.3. The Morgan fingerprint density at radius 2 is 1.26 bits per heavy atom. The zero-order valence-electron chi connectivity index (χ0n) is 30.1. The number of unbranched alkanes of at least 4 members (excludes halogenated alkanes) is 16. The van der Waals surface area contributed by atoms with Gasteiger partial charge < -0.3 is 0 Å². The summed E-state index contributed by atoms with van der Waals surface area (Å²) in [5, 5.41) is 0. The molecule has 0 bridgehead atoms. The Morgan fingerprint density at radius 1 is 0.698 bits per heavy atom. The molecule has 0 radical (unpaired) electrons. The molecule has 4 saturated carbocycles. The smallest absolute Gasteiger partial charge is 0.00849 e. The summed E-state index contributed by atoms with van der Waals surface area (Å²) in [7, 11) is 0. The summed E-state index contributed by atoms with van der Waals surface area (Å²) < 4.78 is 0. The molecule has 0 aromatic carbocycles. The molecule has 0 nitrogen and oxygen atoms in total. The second-order valence-corrected chi connectivity index (χ2v) is 18.1. The van der Waals surface area contributed by atoms with Crippen LogP contribution in [0.15, 0.2) is 11.6 Å². The first-order valence-electron chi connectivity index (χ1n) is 20.5. The molecule has 0 amide bonds. The molecule has 1 spiro atoms. The maximum Gasteiger partial charge on any atom is -0.00849 e. The maximum atomic E-state index is 2.83. The van der Waals surface area contributed by atoms with Crippen LogP contribution >= 0.6 is 0 Å². The lowest BCUT2D eigenvalue weighted by molar-refractivity contribution is -0.0541. The summed E-state index contributed by atoms with van der Waals surface area (Å²) in [6.45, 7) is 13.0. The summed E-state index contributed by atoms with van der Waals surface area (Å²) in [6, 6.07) is 0. The Balaban J connectivity index is 0.930. The van der Waals surface area contributed by atoms with Crippen LogP contribution in [0, 0.1) is 51.8 Å². The van der Waals surface area contributed by atoms with Crippen LogP contribution < -0.4 is 0 Å². The van der Waals surface area contributed by atoms with Crippen molar-refractivity contribution in [3.63, 3.8) is 0 Å². The Bertz CT molecular complexity index is 867. The largest absolute Gasteiger partial charge is 0.0845 e. The van der Waals surface area contributed by atoms with Crippen molar-refractivity contribution >= 4 is 0 Å². The third kappa shape index (κ3) is 7.83. The number of fused-ring (bicyclic) bond motifs is 5. The van der Waals surface area contributed by atoms with Gasteiger partial charge in [-0.1, -0.05) is 162 Å². The van der Waals surface area contributed by atoms with E-state index in [9.17, 15) is 0 Å². The summed E-state index contributed by atoms with van der Waals surface area (Å²) in [5.74, 6) is 5.95. The third-order valence-corrected chi connectivity index (χ3v) is 15.4. The molecule has 248 valence electrons. The van der Waals surface area contributed by atoms with E-state index >= 15 is 0 Å². The highest BCUT2D eigenvalue weighted by Gasteiger charge is 2.62. The van der Waals surface area contributed by atoms with Crippen molar-refractivity contribution in [2.75, 3.05) is 0 Å². The number of hydrogen-bond donors (Lipinski definition) is 0. The molecule has 5 aliphatic rings. The molecular formula is C43H76. The van der Waals surface area contributed by atoms with Gasteiger partial charge in [0, 0.05) is 0 Å². The van der Waals surface area contributed by atoms with Gasteiger partial charge in [0.15, 0.2) is 0 Å². The molecule has 0 N–H and O–H groups in total. The Hall–Kier alpha value is -0.260. The second-order valence-electron chi connectivity index (χ2n) is 18.1. The fourth-order valence-corrected chi connectivity index (χ4v) is 12.3. The van der Waals surface area contributed by atoms with Crippen molar-refractivity contribution in [3.8, 4) is 0 Å². The van der Waals surface area contributed by atoms with Crippen molar-refractivity contribution < 1.29 is 0 Å². The molecule has 4 fully saturated rings. The van der Waals surface area contributed by atoms with Crippen molar-refractivity contribution in [1.82, 2.24) is 0 Å². The van der Waals surface area contributed by atoms with Crippen molar-refractivity contribution in [3.05, 3.63) is 11.6 Å².